The molecule has 3 rings (SSSR count). The molecule has 134 valence electrons. The molecule has 0 radical (unpaired) electrons. The molecule has 1 heterocycles. The minimum atomic E-state index is -0.499. The van der Waals surface area contributed by atoms with Gasteiger partial charge in [-0.2, -0.15) is 0 Å². The van der Waals surface area contributed by atoms with E-state index >= 15 is 0 Å². The summed E-state index contributed by atoms with van der Waals surface area (Å²) in [5.41, 5.74) is 3.53. The summed E-state index contributed by atoms with van der Waals surface area (Å²) in [5.74, 6) is -0.170. The van der Waals surface area contributed by atoms with E-state index in [0.29, 0.717) is 18.2 Å². The van der Waals surface area contributed by atoms with Crippen molar-refractivity contribution in [3.05, 3.63) is 35.0 Å². The Kier molecular flexibility index (Phi) is 5.41. The van der Waals surface area contributed by atoms with E-state index in [2.05, 4.69) is 16.4 Å². The first-order valence-corrected chi connectivity index (χ1v) is 9.06. The number of fused-ring (bicyclic) bond motifs is 1. The molecule has 5 heteroatoms. The minimum Gasteiger partial charge on any atom is -0.451 e. The Morgan fingerprint density at radius 3 is 2.68 bits per heavy atom. The molecule has 1 aliphatic rings. The third kappa shape index (κ3) is 4.41. The van der Waals surface area contributed by atoms with Crippen molar-refractivity contribution in [3.63, 3.8) is 0 Å². The minimum absolute atomic E-state index is 0.234. The number of esters is 1. The number of amides is 1. The molecule has 5 nitrogen and oxygen atoms in total. The molecule has 1 aliphatic carbocycles. The van der Waals surface area contributed by atoms with Crippen LogP contribution in [0.3, 0.4) is 0 Å². The van der Waals surface area contributed by atoms with Crippen LogP contribution in [-0.2, 0) is 9.53 Å². The maximum absolute atomic E-state index is 12.2. The van der Waals surface area contributed by atoms with E-state index < -0.39 is 5.97 Å². The van der Waals surface area contributed by atoms with Gasteiger partial charge in [0.1, 0.15) is 5.69 Å². The van der Waals surface area contributed by atoms with Crippen molar-refractivity contribution in [3.8, 4) is 0 Å². The van der Waals surface area contributed by atoms with Gasteiger partial charge in [-0.15, -0.1) is 0 Å². The quantitative estimate of drug-likeness (QED) is 0.815. The Labute approximate surface area is 148 Å². The molecule has 25 heavy (non-hydrogen) atoms. The molecule has 1 aromatic carbocycles. The number of aryl methyl sites for hydroxylation is 2. The van der Waals surface area contributed by atoms with Crippen molar-refractivity contribution in [2.24, 2.45) is 5.92 Å². The van der Waals surface area contributed by atoms with Gasteiger partial charge < -0.3 is 15.0 Å². The number of ether oxygens (including phenoxy) is 1. The number of carbonyl (C=O) groups excluding carboxylic acids is 2. The first-order chi connectivity index (χ1) is 12.0. The van der Waals surface area contributed by atoms with E-state index in [1.165, 1.54) is 32.1 Å². The van der Waals surface area contributed by atoms with Crippen molar-refractivity contribution in [2.45, 2.75) is 46.0 Å². The van der Waals surface area contributed by atoms with Gasteiger partial charge in [-0.05, 0) is 55.9 Å². The van der Waals surface area contributed by atoms with Crippen molar-refractivity contribution in [1.29, 1.82) is 0 Å². The van der Waals surface area contributed by atoms with Gasteiger partial charge in [0.15, 0.2) is 6.61 Å². The van der Waals surface area contributed by atoms with E-state index in [-0.39, 0.29) is 12.5 Å². The lowest BCUT2D eigenvalue weighted by Crippen LogP contribution is -2.33. The third-order valence-corrected chi connectivity index (χ3v) is 4.96. The molecule has 2 aromatic rings. The fraction of sp³-hybridized carbons (Fsp3) is 0.500. The van der Waals surface area contributed by atoms with Crippen LogP contribution < -0.4 is 5.32 Å². The molecule has 0 unspecified atom stereocenters. The first-order valence-electron chi connectivity index (χ1n) is 9.06. The number of carbonyl (C=O) groups is 2. The largest absolute Gasteiger partial charge is 0.451 e. The molecule has 1 aromatic heterocycles. The highest BCUT2D eigenvalue weighted by Crippen LogP contribution is 2.23. The maximum Gasteiger partial charge on any atom is 0.355 e. The van der Waals surface area contributed by atoms with Gasteiger partial charge >= 0.3 is 5.97 Å². The van der Waals surface area contributed by atoms with Crippen LogP contribution in [0.25, 0.3) is 10.9 Å². The van der Waals surface area contributed by atoms with E-state index in [1.54, 1.807) is 6.07 Å². The molecule has 1 amide bonds. The highest BCUT2D eigenvalue weighted by molar-refractivity contribution is 5.96. The highest BCUT2D eigenvalue weighted by atomic mass is 16.5. The second-order valence-electron chi connectivity index (χ2n) is 7.11. The van der Waals surface area contributed by atoms with Gasteiger partial charge in [0.2, 0.25) is 0 Å². The first kappa shape index (κ1) is 17.5. The summed E-state index contributed by atoms with van der Waals surface area (Å²) < 4.78 is 5.15. The summed E-state index contributed by atoms with van der Waals surface area (Å²) in [4.78, 5) is 27.2. The Morgan fingerprint density at radius 1 is 1.16 bits per heavy atom. The third-order valence-electron chi connectivity index (χ3n) is 4.96. The number of H-pyrrole nitrogens is 1. The van der Waals surface area contributed by atoms with Gasteiger partial charge in [-0.25, -0.2) is 4.79 Å². The van der Waals surface area contributed by atoms with E-state index in [4.69, 9.17) is 4.74 Å². The Balaban J connectivity index is 1.52. The molecule has 0 spiro atoms. The van der Waals surface area contributed by atoms with Crippen molar-refractivity contribution in [1.82, 2.24) is 10.3 Å². The Bertz CT molecular complexity index is 773. The number of aromatic nitrogens is 1. The molecule has 0 atom stereocenters. The molecule has 2 N–H and O–H groups in total. The van der Waals surface area contributed by atoms with Crippen LogP contribution >= 0.6 is 0 Å². The summed E-state index contributed by atoms with van der Waals surface area (Å²) >= 11 is 0. The number of rotatable bonds is 5. The standard InChI is InChI=1S/C20H26N2O3/c1-13-8-14(2)16-10-18(22-17(16)9-13)20(24)25-12-19(23)21-11-15-6-4-3-5-7-15/h8-10,15,22H,3-7,11-12H2,1-2H3,(H,21,23). The fourth-order valence-electron chi connectivity index (χ4n) is 3.62. The summed E-state index contributed by atoms with van der Waals surface area (Å²) in [6.07, 6.45) is 6.14. The average molecular weight is 342 g/mol. The zero-order valence-electron chi connectivity index (χ0n) is 15.0. The topological polar surface area (TPSA) is 71.2 Å². The average Bonchev–Trinajstić information content (AvgIpc) is 3.03. The van der Waals surface area contributed by atoms with Gasteiger partial charge in [0.05, 0.1) is 0 Å². The van der Waals surface area contributed by atoms with Gasteiger partial charge in [-0.3, -0.25) is 4.79 Å². The van der Waals surface area contributed by atoms with Crippen LogP contribution in [0.5, 0.6) is 0 Å². The monoisotopic (exact) mass is 342 g/mol. The summed E-state index contributed by atoms with van der Waals surface area (Å²) in [7, 11) is 0. The number of nitrogens with one attached hydrogen (secondary N) is 2. The van der Waals surface area contributed by atoms with Crippen LogP contribution in [0, 0.1) is 19.8 Å². The number of hydrogen-bond donors (Lipinski definition) is 2. The smallest absolute Gasteiger partial charge is 0.355 e. The van der Waals surface area contributed by atoms with E-state index in [0.717, 1.165) is 22.0 Å². The van der Waals surface area contributed by atoms with Crippen LogP contribution in [0.1, 0.15) is 53.7 Å². The number of aromatic amines is 1. The maximum atomic E-state index is 12.2. The van der Waals surface area contributed by atoms with Gasteiger partial charge in [0.25, 0.3) is 5.91 Å². The van der Waals surface area contributed by atoms with Crippen molar-refractivity contribution in [2.75, 3.05) is 13.2 Å². The van der Waals surface area contributed by atoms with E-state index in [1.807, 2.05) is 19.9 Å². The van der Waals surface area contributed by atoms with Gasteiger partial charge in [0, 0.05) is 17.4 Å². The molecule has 0 bridgehead atoms. The molecule has 0 saturated heterocycles. The number of hydrogen-bond acceptors (Lipinski definition) is 3. The second-order valence-corrected chi connectivity index (χ2v) is 7.11. The fourth-order valence-corrected chi connectivity index (χ4v) is 3.62. The Hall–Kier alpha value is -2.30. The molecule has 1 saturated carbocycles. The van der Waals surface area contributed by atoms with Crippen molar-refractivity contribution >= 4 is 22.8 Å². The summed E-state index contributed by atoms with van der Waals surface area (Å²) in [6, 6.07) is 5.85. The highest BCUT2D eigenvalue weighted by Gasteiger charge is 2.16. The van der Waals surface area contributed by atoms with Crippen molar-refractivity contribution < 1.29 is 14.3 Å². The number of benzene rings is 1. The zero-order valence-corrected chi connectivity index (χ0v) is 15.0. The predicted molar refractivity (Wildman–Crippen MR) is 97.6 cm³/mol. The molecular formula is C20H26N2O3. The second kappa shape index (κ2) is 7.72. The lowest BCUT2D eigenvalue weighted by molar-refractivity contribution is -0.124. The van der Waals surface area contributed by atoms with Crippen LogP contribution in [-0.4, -0.2) is 30.0 Å². The summed E-state index contributed by atoms with van der Waals surface area (Å²) in [5, 5.41) is 3.88. The summed E-state index contributed by atoms with van der Waals surface area (Å²) in [6.45, 7) is 4.47. The predicted octanol–water partition coefficient (Wildman–Crippen LogP) is 3.64. The van der Waals surface area contributed by atoms with Gasteiger partial charge in [-0.1, -0.05) is 25.3 Å². The molecule has 1 fully saturated rings. The van der Waals surface area contributed by atoms with E-state index in [9.17, 15) is 9.59 Å². The van der Waals surface area contributed by atoms with Crippen LogP contribution in [0.2, 0.25) is 0 Å². The van der Waals surface area contributed by atoms with Crippen LogP contribution in [0.15, 0.2) is 18.2 Å². The Morgan fingerprint density at radius 2 is 1.92 bits per heavy atom. The SMILES string of the molecule is Cc1cc(C)c2cc(C(=O)OCC(=O)NCC3CCCCC3)[nH]c2c1. The molecule has 0 aliphatic heterocycles. The normalized spacial score (nSPS) is 15.3. The van der Waals surface area contributed by atoms with Crippen LogP contribution in [0.4, 0.5) is 0 Å². The zero-order chi connectivity index (χ0) is 17.8. The lowest BCUT2D eigenvalue weighted by Gasteiger charge is -2.21. The molecular weight excluding hydrogens is 316 g/mol. The lowest BCUT2D eigenvalue weighted by atomic mass is 9.89.